The lowest BCUT2D eigenvalue weighted by Gasteiger charge is -2.18. The predicted molar refractivity (Wildman–Crippen MR) is 113 cm³/mol. The molecule has 2 heterocycles. The molecule has 0 aliphatic carbocycles. The maximum Gasteiger partial charge on any atom is 0.253 e. The Labute approximate surface area is 169 Å². The van der Waals surface area contributed by atoms with Crippen molar-refractivity contribution in [1.29, 1.82) is 0 Å². The summed E-state index contributed by atoms with van der Waals surface area (Å²) in [6.45, 7) is 6.75. The Hall–Kier alpha value is -2.73. The standard InChI is InChI=1S/C22H26N2O3S/c1-14-11-20(16(3)24(14)13-18-7-6-10-28-18)22(25)23-15(2)19-12-17(26-4)8-9-21(19)27-5/h6-12,15H,13H2,1-5H3,(H,23,25). The number of benzene rings is 1. The molecule has 1 N–H and O–H groups in total. The number of aromatic nitrogens is 1. The highest BCUT2D eigenvalue weighted by atomic mass is 32.1. The fourth-order valence-electron chi connectivity index (χ4n) is 3.36. The minimum absolute atomic E-state index is 0.0945. The number of carbonyl (C=O) groups excluding carboxylic acids is 1. The van der Waals surface area contributed by atoms with E-state index in [9.17, 15) is 4.79 Å². The van der Waals surface area contributed by atoms with Crippen molar-refractivity contribution in [2.24, 2.45) is 0 Å². The van der Waals surface area contributed by atoms with Gasteiger partial charge in [0.15, 0.2) is 0 Å². The molecular weight excluding hydrogens is 372 g/mol. The van der Waals surface area contributed by atoms with Gasteiger partial charge in [0.25, 0.3) is 5.91 Å². The first-order valence-electron chi connectivity index (χ1n) is 9.16. The van der Waals surface area contributed by atoms with E-state index in [1.807, 2.05) is 51.1 Å². The molecule has 0 saturated heterocycles. The molecule has 0 aliphatic heterocycles. The molecule has 3 rings (SSSR count). The number of nitrogens with one attached hydrogen (secondary N) is 1. The minimum atomic E-state index is -0.224. The highest BCUT2D eigenvalue weighted by Crippen LogP contribution is 2.29. The van der Waals surface area contributed by atoms with Crippen molar-refractivity contribution in [3.05, 3.63) is 69.2 Å². The molecule has 3 aromatic rings. The molecule has 2 aromatic heterocycles. The highest BCUT2D eigenvalue weighted by molar-refractivity contribution is 7.09. The number of nitrogens with zero attached hydrogens (tertiary/aromatic N) is 1. The van der Waals surface area contributed by atoms with E-state index in [4.69, 9.17) is 9.47 Å². The van der Waals surface area contributed by atoms with Gasteiger partial charge in [-0.25, -0.2) is 0 Å². The highest BCUT2D eigenvalue weighted by Gasteiger charge is 2.20. The fraction of sp³-hybridized carbons (Fsp3) is 0.318. The lowest BCUT2D eigenvalue weighted by atomic mass is 10.1. The zero-order chi connectivity index (χ0) is 20.3. The minimum Gasteiger partial charge on any atom is -0.497 e. The summed E-state index contributed by atoms with van der Waals surface area (Å²) in [5, 5.41) is 5.16. The predicted octanol–water partition coefficient (Wildman–Crippen LogP) is 4.72. The molecule has 0 saturated carbocycles. The molecule has 1 amide bonds. The Bertz CT molecular complexity index is 961. The molecule has 0 fully saturated rings. The van der Waals surface area contributed by atoms with E-state index in [0.29, 0.717) is 5.56 Å². The summed E-state index contributed by atoms with van der Waals surface area (Å²) in [4.78, 5) is 14.2. The van der Waals surface area contributed by atoms with Crippen LogP contribution in [-0.4, -0.2) is 24.7 Å². The van der Waals surface area contributed by atoms with Gasteiger partial charge in [-0.2, -0.15) is 0 Å². The van der Waals surface area contributed by atoms with Crippen LogP contribution in [0.25, 0.3) is 0 Å². The van der Waals surface area contributed by atoms with Crippen molar-refractivity contribution >= 4 is 17.2 Å². The summed E-state index contributed by atoms with van der Waals surface area (Å²) >= 11 is 1.72. The van der Waals surface area contributed by atoms with Crippen LogP contribution in [0.2, 0.25) is 0 Å². The van der Waals surface area contributed by atoms with E-state index in [2.05, 4.69) is 21.3 Å². The van der Waals surface area contributed by atoms with Gasteiger partial charge in [-0.15, -0.1) is 11.3 Å². The van der Waals surface area contributed by atoms with Crippen LogP contribution in [0.5, 0.6) is 11.5 Å². The summed E-state index contributed by atoms with van der Waals surface area (Å²) in [7, 11) is 3.25. The monoisotopic (exact) mass is 398 g/mol. The zero-order valence-corrected chi connectivity index (χ0v) is 17.7. The molecule has 5 nitrogen and oxygen atoms in total. The first kappa shape index (κ1) is 20.0. The van der Waals surface area contributed by atoms with Gasteiger partial charge in [0, 0.05) is 21.8 Å². The number of amides is 1. The van der Waals surface area contributed by atoms with E-state index >= 15 is 0 Å². The third-order valence-corrected chi connectivity index (χ3v) is 5.82. The average molecular weight is 399 g/mol. The molecule has 0 spiro atoms. The number of hydrogen-bond acceptors (Lipinski definition) is 4. The smallest absolute Gasteiger partial charge is 0.253 e. The molecule has 1 aromatic carbocycles. The van der Waals surface area contributed by atoms with Gasteiger partial charge in [0.05, 0.1) is 32.4 Å². The summed E-state index contributed by atoms with van der Waals surface area (Å²) in [5.41, 5.74) is 3.61. The van der Waals surface area contributed by atoms with Crippen molar-refractivity contribution in [3.63, 3.8) is 0 Å². The molecule has 0 bridgehead atoms. The first-order chi connectivity index (χ1) is 13.4. The van der Waals surface area contributed by atoms with Crippen LogP contribution in [0.15, 0.2) is 41.8 Å². The van der Waals surface area contributed by atoms with Crippen LogP contribution < -0.4 is 14.8 Å². The number of thiophene rings is 1. The van der Waals surface area contributed by atoms with Gasteiger partial charge in [0.2, 0.25) is 0 Å². The van der Waals surface area contributed by atoms with Gasteiger partial charge in [-0.3, -0.25) is 4.79 Å². The molecule has 6 heteroatoms. The molecule has 1 atom stereocenters. The van der Waals surface area contributed by atoms with E-state index in [0.717, 1.165) is 35.0 Å². The Morgan fingerprint density at radius 3 is 2.61 bits per heavy atom. The Kier molecular flexibility index (Phi) is 6.09. The van der Waals surface area contributed by atoms with Gasteiger partial charge in [-0.1, -0.05) is 6.07 Å². The summed E-state index contributed by atoms with van der Waals surface area (Å²) < 4.78 is 12.9. The van der Waals surface area contributed by atoms with Crippen molar-refractivity contribution < 1.29 is 14.3 Å². The average Bonchev–Trinajstić information content (AvgIpc) is 3.31. The summed E-state index contributed by atoms with van der Waals surface area (Å²) in [5.74, 6) is 1.35. The van der Waals surface area contributed by atoms with Gasteiger partial charge < -0.3 is 19.4 Å². The molecule has 148 valence electrons. The Balaban J connectivity index is 1.82. The van der Waals surface area contributed by atoms with Crippen LogP contribution in [-0.2, 0) is 6.54 Å². The maximum atomic E-state index is 13.0. The van der Waals surface area contributed by atoms with Crippen LogP contribution >= 0.6 is 11.3 Å². The maximum absolute atomic E-state index is 13.0. The van der Waals surface area contributed by atoms with Crippen LogP contribution in [0, 0.1) is 13.8 Å². The number of methoxy groups -OCH3 is 2. The topological polar surface area (TPSA) is 52.5 Å². The molecular formula is C22H26N2O3S. The number of hydrogen-bond donors (Lipinski definition) is 1. The van der Waals surface area contributed by atoms with E-state index in [1.165, 1.54) is 4.88 Å². The second-order valence-electron chi connectivity index (χ2n) is 6.75. The van der Waals surface area contributed by atoms with Gasteiger partial charge >= 0.3 is 0 Å². The Morgan fingerprint density at radius 2 is 1.96 bits per heavy atom. The van der Waals surface area contributed by atoms with E-state index in [-0.39, 0.29) is 11.9 Å². The third kappa shape index (κ3) is 4.07. The second-order valence-corrected chi connectivity index (χ2v) is 7.79. The van der Waals surface area contributed by atoms with Gasteiger partial charge in [-0.05, 0) is 56.5 Å². The largest absolute Gasteiger partial charge is 0.497 e. The lowest BCUT2D eigenvalue weighted by molar-refractivity contribution is 0.0938. The number of ether oxygens (including phenoxy) is 2. The van der Waals surface area contributed by atoms with Crippen molar-refractivity contribution in [1.82, 2.24) is 9.88 Å². The quantitative estimate of drug-likeness (QED) is 0.626. The lowest BCUT2D eigenvalue weighted by Crippen LogP contribution is -2.27. The molecule has 28 heavy (non-hydrogen) atoms. The summed E-state index contributed by atoms with van der Waals surface area (Å²) in [6.07, 6.45) is 0. The van der Waals surface area contributed by atoms with Crippen molar-refractivity contribution in [3.8, 4) is 11.5 Å². The van der Waals surface area contributed by atoms with Crippen LogP contribution in [0.4, 0.5) is 0 Å². The van der Waals surface area contributed by atoms with E-state index < -0.39 is 0 Å². The number of aryl methyl sites for hydroxylation is 1. The fourth-order valence-corrected chi connectivity index (χ4v) is 4.06. The van der Waals surface area contributed by atoms with Gasteiger partial charge in [0.1, 0.15) is 11.5 Å². The molecule has 1 unspecified atom stereocenters. The first-order valence-corrected chi connectivity index (χ1v) is 10.0. The number of rotatable bonds is 7. The SMILES string of the molecule is COc1ccc(OC)c(C(C)NC(=O)c2cc(C)n(Cc3cccs3)c2C)c1. The van der Waals surface area contributed by atoms with Crippen LogP contribution in [0.3, 0.4) is 0 Å². The van der Waals surface area contributed by atoms with Crippen molar-refractivity contribution in [2.75, 3.05) is 14.2 Å². The van der Waals surface area contributed by atoms with Crippen molar-refractivity contribution in [2.45, 2.75) is 33.4 Å². The van der Waals surface area contributed by atoms with Crippen LogP contribution in [0.1, 0.15) is 45.2 Å². The van der Waals surface area contributed by atoms with E-state index in [1.54, 1.807) is 25.6 Å². The molecule has 0 radical (unpaired) electrons. The normalized spacial score (nSPS) is 11.9. The summed E-state index contributed by atoms with van der Waals surface area (Å²) in [6, 6.07) is 11.5. The third-order valence-electron chi connectivity index (χ3n) is 4.96. The number of carbonyl (C=O) groups is 1. The Morgan fingerprint density at radius 1 is 1.18 bits per heavy atom. The second kappa shape index (κ2) is 8.52. The molecule has 0 aliphatic rings. The zero-order valence-electron chi connectivity index (χ0n) is 16.9.